The Bertz CT molecular complexity index is 544. The van der Waals surface area contributed by atoms with E-state index in [1.807, 2.05) is 6.07 Å². The fourth-order valence-corrected chi connectivity index (χ4v) is 3.05. The smallest absolute Gasteiger partial charge is 0.427 e. The van der Waals surface area contributed by atoms with Gasteiger partial charge in [0.1, 0.15) is 0 Å². The van der Waals surface area contributed by atoms with Crippen LogP contribution < -0.4 is 5.46 Å². The first-order valence-corrected chi connectivity index (χ1v) is 7.00. The van der Waals surface area contributed by atoms with Crippen molar-refractivity contribution >= 4 is 28.8 Å². The molecule has 0 aliphatic carbocycles. The van der Waals surface area contributed by atoms with Crippen molar-refractivity contribution in [1.82, 2.24) is 4.33 Å². The molecule has 0 atom stereocenters. The highest BCUT2D eigenvalue weighted by molar-refractivity contribution is 7.90. The summed E-state index contributed by atoms with van der Waals surface area (Å²) in [6.45, 7) is 1.77. The summed E-state index contributed by atoms with van der Waals surface area (Å²) in [5, 5.41) is 13.8. The van der Waals surface area contributed by atoms with Gasteiger partial charge in [-0.15, -0.1) is 0 Å². The van der Waals surface area contributed by atoms with Gasteiger partial charge in [0.15, 0.2) is 0 Å². The zero-order valence-corrected chi connectivity index (χ0v) is 10.3. The molecule has 0 saturated heterocycles. The van der Waals surface area contributed by atoms with Gasteiger partial charge in [0, 0.05) is 0 Å². The largest absolute Gasteiger partial charge is 0.484 e. The lowest BCUT2D eigenvalue weighted by Gasteiger charge is -2.25. The van der Waals surface area contributed by atoms with E-state index in [0.29, 0.717) is 11.9 Å². The lowest BCUT2D eigenvalue weighted by molar-refractivity contribution is 0.475. The van der Waals surface area contributed by atoms with Crippen LogP contribution in [0.1, 0.15) is 18.9 Å². The van der Waals surface area contributed by atoms with E-state index in [2.05, 4.69) is 5.10 Å². The molecular weight excluding hydrogens is 239 g/mol. The molecule has 0 aromatic heterocycles. The van der Waals surface area contributed by atoms with Crippen molar-refractivity contribution in [3.8, 4) is 0 Å². The molecule has 0 amide bonds. The number of nitrogens with zero attached hydrogens (tertiary/aromatic N) is 2. The number of hydrazone groups is 1. The van der Waals surface area contributed by atoms with Gasteiger partial charge >= 0.3 is 7.05 Å². The quantitative estimate of drug-likeness (QED) is 0.755. The summed E-state index contributed by atoms with van der Waals surface area (Å²) < 4.78 is 24.5. The Morgan fingerprint density at radius 2 is 2.12 bits per heavy atom. The average Bonchev–Trinajstić information content (AvgIpc) is 2.29. The molecule has 0 radical (unpaired) electrons. The van der Waals surface area contributed by atoms with Crippen molar-refractivity contribution in [2.24, 2.45) is 5.10 Å². The number of sulfonamides is 1. The van der Waals surface area contributed by atoms with E-state index in [-0.39, 0.29) is 5.75 Å². The Kier molecular flexibility index (Phi) is 3.21. The molecule has 0 spiro atoms. The predicted octanol–water partition coefficient (Wildman–Crippen LogP) is -0.237. The lowest BCUT2D eigenvalue weighted by Crippen LogP contribution is -2.52. The van der Waals surface area contributed by atoms with Crippen molar-refractivity contribution in [2.45, 2.75) is 13.3 Å². The Morgan fingerprint density at radius 3 is 2.82 bits per heavy atom. The van der Waals surface area contributed by atoms with Gasteiger partial charge in [-0.25, -0.2) is 12.7 Å². The van der Waals surface area contributed by atoms with Crippen LogP contribution in [0.2, 0.25) is 0 Å². The second kappa shape index (κ2) is 4.50. The molecule has 90 valence electrons. The maximum atomic E-state index is 11.9. The number of hydrogen-bond acceptors (Lipinski definition) is 4. The van der Waals surface area contributed by atoms with Crippen LogP contribution in [0.5, 0.6) is 0 Å². The Morgan fingerprint density at radius 1 is 1.41 bits per heavy atom. The lowest BCUT2D eigenvalue weighted by atomic mass is 9.72. The summed E-state index contributed by atoms with van der Waals surface area (Å²) >= 11 is 0. The van der Waals surface area contributed by atoms with Crippen LogP contribution >= 0.6 is 0 Å². The van der Waals surface area contributed by atoms with Crippen LogP contribution in [0.3, 0.4) is 0 Å². The number of benzene rings is 1. The van der Waals surface area contributed by atoms with E-state index in [4.69, 9.17) is 0 Å². The van der Waals surface area contributed by atoms with Crippen LogP contribution in [-0.4, -0.2) is 36.8 Å². The van der Waals surface area contributed by atoms with Gasteiger partial charge in [-0.3, -0.25) is 0 Å². The molecule has 0 fully saturated rings. The molecule has 1 aromatic rings. The van der Waals surface area contributed by atoms with Crippen molar-refractivity contribution in [1.29, 1.82) is 0 Å². The highest BCUT2D eigenvalue weighted by Gasteiger charge is 2.36. The highest BCUT2D eigenvalue weighted by Crippen LogP contribution is 2.11. The third-order valence-electron chi connectivity index (χ3n) is 2.54. The molecule has 1 heterocycles. The zero-order valence-electron chi connectivity index (χ0n) is 9.44. The average molecular weight is 252 g/mol. The number of hydrogen-bond donors (Lipinski definition) is 1. The maximum absolute atomic E-state index is 11.9. The van der Waals surface area contributed by atoms with Crippen LogP contribution in [0.25, 0.3) is 0 Å². The molecule has 2 rings (SSSR count). The van der Waals surface area contributed by atoms with Gasteiger partial charge in [0.2, 0.25) is 10.0 Å². The molecule has 1 aliphatic rings. The van der Waals surface area contributed by atoms with Crippen LogP contribution in [0.4, 0.5) is 0 Å². The van der Waals surface area contributed by atoms with Crippen LogP contribution in [-0.2, 0) is 10.0 Å². The molecule has 1 aromatic carbocycles. The molecule has 7 heteroatoms. The van der Waals surface area contributed by atoms with E-state index in [9.17, 15) is 13.4 Å². The minimum atomic E-state index is -3.54. The Hall–Kier alpha value is -1.34. The summed E-state index contributed by atoms with van der Waals surface area (Å²) in [5.74, 6) is -0.0242. The Balaban J connectivity index is 2.39. The van der Waals surface area contributed by atoms with E-state index in [1.165, 1.54) is 6.21 Å². The Labute approximate surface area is 101 Å². The molecule has 1 N–H and O–H groups in total. The first kappa shape index (κ1) is 12.1. The number of fused-ring (bicyclic) bond motifs is 1. The highest BCUT2D eigenvalue weighted by atomic mass is 32.2. The first-order chi connectivity index (χ1) is 8.06. The zero-order chi connectivity index (χ0) is 12.5. The van der Waals surface area contributed by atoms with Crippen molar-refractivity contribution in [2.75, 3.05) is 5.75 Å². The molecule has 0 saturated carbocycles. The second-order valence-corrected chi connectivity index (χ2v) is 5.78. The van der Waals surface area contributed by atoms with Gasteiger partial charge in [0.25, 0.3) is 0 Å². The first-order valence-electron chi connectivity index (χ1n) is 5.39. The molecular formula is C10H13BN2O3S. The summed E-state index contributed by atoms with van der Waals surface area (Å²) in [6.07, 6.45) is 1.94. The summed E-state index contributed by atoms with van der Waals surface area (Å²) in [4.78, 5) is 0. The molecule has 5 nitrogen and oxygen atoms in total. The van der Waals surface area contributed by atoms with E-state index >= 15 is 0 Å². The summed E-state index contributed by atoms with van der Waals surface area (Å²) in [6, 6.07) is 7.05. The standard InChI is InChI=1S/C10H13BN2O3S/c1-2-7-17(15,16)13-11(14)10-6-4-3-5-9(10)8-12-13/h3-6,8,14H,2,7H2,1H3. The third kappa shape index (κ3) is 2.20. The van der Waals surface area contributed by atoms with Gasteiger partial charge in [-0.05, 0) is 17.4 Å². The predicted molar refractivity (Wildman–Crippen MR) is 67.6 cm³/mol. The SMILES string of the molecule is CCCS(=O)(=O)N1N=Cc2ccccc2B1O. The third-order valence-corrected chi connectivity index (χ3v) is 4.33. The van der Waals surface area contributed by atoms with Crippen molar-refractivity contribution < 1.29 is 13.4 Å². The monoisotopic (exact) mass is 252 g/mol. The van der Waals surface area contributed by atoms with Gasteiger partial charge in [-0.1, -0.05) is 31.2 Å². The summed E-state index contributed by atoms with van der Waals surface area (Å²) in [7, 11) is -4.77. The van der Waals surface area contributed by atoms with E-state index < -0.39 is 17.1 Å². The van der Waals surface area contributed by atoms with Crippen LogP contribution in [0, 0.1) is 0 Å². The topological polar surface area (TPSA) is 70.0 Å². The molecule has 1 aliphatic heterocycles. The number of rotatable bonds is 3. The summed E-state index contributed by atoms with van der Waals surface area (Å²) in [5.41, 5.74) is 1.30. The maximum Gasteiger partial charge on any atom is 0.484 e. The minimum absolute atomic E-state index is 0.0242. The van der Waals surface area contributed by atoms with Crippen LogP contribution in [0.15, 0.2) is 29.4 Å². The van der Waals surface area contributed by atoms with Crippen molar-refractivity contribution in [3.05, 3.63) is 29.8 Å². The van der Waals surface area contributed by atoms with Gasteiger partial charge in [0.05, 0.1) is 12.0 Å². The van der Waals surface area contributed by atoms with Crippen molar-refractivity contribution in [3.63, 3.8) is 0 Å². The second-order valence-electron chi connectivity index (χ2n) is 3.84. The normalized spacial score (nSPS) is 14.9. The van der Waals surface area contributed by atoms with E-state index in [0.717, 1.165) is 9.89 Å². The fourth-order valence-electron chi connectivity index (χ4n) is 1.74. The van der Waals surface area contributed by atoms with E-state index in [1.54, 1.807) is 25.1 Å². The molecule has 17 heavy (non-hydrogen) atoms. The van der Waals surface area contributed by atoms with Gasteiger partial charge < -0.3 is 5.02 Å². The van der Waals surface area contributed by atoms with Gasteiger partial charge in [-0.2, -0.15) is 5.10 Å². The molecule has 0 unspecified atom stereocenters. The molecule has 0 bridgehead atoms. The fraction of sp³-hybridized carbons (Fsp3) is 0.300. The minimum Gasteiger partial charge on any atom is -0.427 e.